The van der Waals surface area contributed by atoms with Gasteiger partial charge in [0, 0.05) is 30.8 Å². The van der Waals surface area contributed by atoms with Crippen LogP contribution in [0.5, 0.6) is 34.5 Å². The molecule has 0 amide bonds. The summed E-state index contributed by atoms with van der Waals surface area (Å²) in [5.41, 5.74) is -1.51. The molecular formula is C38H34O16. The lowest BCUT2D eigenvalue weighted by Crippen LogP contribution is -2.57. The van der Waals surface area contributed by atoms with Crippen LogP contribution in [0.15, 0.2) is 72.3 Å². The molecule has 7 rings (SSSR count). The van der Waals surface area contributed by atoms with E-state index in [1.807, 2.05) is 0 Å². The predicted octanol–water partition coefficient (Wildman–Crippen LogP) is 1.79. The van der Waals surface area contributed by atoms with Gasteiger partial charge in [0.1, 0.15) is 0 Å². The summed E-state index contributed by atoms with van der Waals surface area (Å²) in [5.74, 6) is -13.2. The van der Waals surface area contributed by atoms with Gasteiger partial charge in [-0.05, 0) is 64.2 Å². The first-order chi connectivity index (χ1) is 25.6. The maximum Gasteiger partial charge on any atom is 0.347 e. The normalized spacial score (nSPS) is 23.2. The van der Waals surface area contributed by atoms with Gasteiger partial charge in [-0.3, -0.25) is 9.59 Å². The van der Waals surface area contributed by atoms with Crippen molar-refractivity contribution in [1.29, 1.82) is 0 Å². The maximum absolute atomic E-state index is 14.3. The molecular weight excluding hydrogens is 712 g/mol. The topological polar surface area (TPSA) is 264 Å². The quantitative estimate of drug-likeness (QED) is 0.0638. The number of rotatable bonds is 11. The third kappa shape index (κ3) is 6.40. The van der Waals surface area contributed by atoms with Gasteiger partial charge in [0.2, 0.25) is 12.2 Å². The molecule has 54 heavy (non-hydrogen) atoms. The number of hydrogen-bond acceptors (Lipinski definition) is 16. The van der Waals surface area contributed by atoms with Crippen LogP contribution in [-0.2, 0) is 61.4 Å². The number of methoxy groups -OCH3 is 2. The highest BCUT2D eigenvalue weighted by Gasteiger charge is 2.69. The van der Waals surface area contributed by atoms with Crippen molar-refractivity contribution >= 4 is 29.7 Å². The number of benzene rings is 3. The number of phenols is 6. The molecule has 7 atom stereocenters. The lowest BCUT2D eigenvalue weighted by Gasteiger charge is -2.48. The minimum Gasteiger partial charge on any atom is -0.504 e. The highest BCUT2D eigenvalue weighted by Crippen LogP contribution is 2.65. The van der Waals surface area contributed by atoms with Crippen molar-refractivity contribution in [2.24, 2.45) is 17.8 Å². The van der Waals surface area contributed by atoms with E-state index in [1.165, 1.54) is 30.3 Å². The SMILES string of the molecule is COC(=O)C(Cc1ccc(O)c(O)c1)OC(=O)C=CC1=CC2C3c4cc(O)c(O)cc4C2(O)C(=O)C1C3C(=O)OC(Cc1ccc(O)c(O)c1)C(=O)OC. The average molecular weight is 747 g/mol. The fraction of sp³-hybridized carbons (Fsp3) is 0.289. The first-order valence-electron chi connectivity index (χ1n) is 16.4. The van der Waals surface area contributed by atoms with E-state index in [2.05, 4.69) is 0 Å². The zero-order valence-electron chi connectivity index (χ0n) is 28.5. The van der Waals surface area contributed by atoms with Crippen LogP contribution in [0, 0.1) is 17.8 Å². The van der Waals surface area contributed by atoms with Crippen molar-refractivity contribution in [2.75, 3.05) is 14.2 Å². The van der Waals surface area contributed by atoms with Gasteiger partial charge < -0.3 is 54.7 Å². The number of hydrogen-bond donors (Lipinski definition) is 7. The molecule has 0 aromatic heterocycles. The Kier molecular flexibility index (Phi) is 9.73. The molecule has 4 bridgehead atoms. The highest BCUT2D eigenvalue weighted by atomic mass is 16.6. The number of fused-ring (bicyclic) bond motifs is 1. The molecule has 1 saturated carbocycles. The van der Waals surface area contributed by atoms with Gasteiger partial charge in [0.05, 0.1) is 26.1 Å². The number of ketones is 1. The summed E-state index contributed by atoms with van der Waals surface area (Å²) in [6.07, 6.45) is -0.174. The predicted molar refractivity (Wildman–Crippen MR) is 180 cm³/mol. The summed E-state index contributed by atoms with van der Waals surface area (Å²) >= 11 is 0. The van der Waals surface area contributed by atoms with Gasteiger partial charge >= 0.3 is 23.9 Å². The zero-order chi connectivity index (χ0) is 39.2. The van der Waals surface area contributed by atoms with E-state index in [9.17, 15) is 59.7 Å². The van der Waals surface area contributed by atoms with Crippen molar-refractivity contribution < 1.29 is 78.7 Å². The molecule has 4 aliphatic rings. The Morgan fingerprint density at radius 2 is 1.26 bits per heavy atom. The second-order valence-electron chi connectivity index (χ2n) is 13.1. The standard InChI is InChI=1S/C38H34O16/c1-51-35(47)28(11-16-3-6-22(39)24(41)9-16)53-30(45)8-5-18-13-21-32-19-14-26(43)27(44)15-20(19)38(21,50)34(46)31(18)33(32)37(49)54-29(36(48)52-2)12-17-4-7-23(40)25(42)10-17/h3-10,13-15,21,28-29,31-33,39-44,50H,11-12H2,1-2H3. The summed E-state index contributed by atoms with van der Waals surface area (Å²) in [5, 5.41) is 71.7. The molecule has 1 fully saturated rings. The molecule has 0 spiro atoms. The molecule has 16 nitrogen and oxygen atoms in total. The van der Waals surface area contributed by atoms with Gasteiger partial charge in [-0.25, -0.2) is 14.4 Å². The Bertz CT molecular complexity index is 2130. The second-order valence-corrected chi connectivity index (χ2v) is 13.1. The van der Waals surface area contributed by atoms with Crippen molar-refractivity contribution in [1.82, 2.24) is 0 Å². The molecule has 282 valence electrons. The Morgan fingerprint density at radius 1 is 0.741 bits per heavy atom. The van der Waals surface area contributed by atoms with Gasteiger partial charge in [-0.2, -0.15) is 0 Å². The van der Waals surface area contributed by atoms with E-state index < -0.39 is 106 Å². The molecule has 7 unspecified atom stereocenters. The number of esters is 4. The molecule has 0 aliphatic heterocycles. The minimum atomic E-state index is -2.26. The third-order valence-electron chi connectivity index (χ3n) is 9.97. The van der Waals surface area contributed by atoms with Crippen LogP contribution >= 0.6 is 0 Å². The summed E-state index contributed by atoms with van der Waals surface area (Å²) in [6, 6.07) is 9.57. The number of carbonyl (C=O) groups excluding carboxylic acids is 5. The number of phenolic OH excluding ortho intramolecular Hbond substituents is 6. The monoisotopic (exact) mass is 746 g/mol. The van der Waals surface area contributed by atoms with Gasteiger partial charge in [0.25, 0.3) is 0 Å². The van der Waals surface area contributed by atoms with Crippen LogP contribution in [0.3, 0.4) is 0 Å². The number of aromatic hydroxyl groups is 6. The summed E-state index contributed by atoms with van der Waals surface area (Å²) < 4.78 is 20.6. The highest BCUT2D eigenvalue weighted by molar-refractivity contribution is 6.03. The summed E-state index contributed by atoms with van der Waals surface area (Å²) in [6.45, 7) is 0. The largest absolute Gasteiger partial charge is 0.504 e. The van der Waals surface area contributed by atoms with E-state index in [1.54, 1.807) is 0 Å². The Labute approximate surface area is 305 Å². The lowest BCUT2D eigenvalue weighted by atomic mass is 9.55. The first kappa shape index (κ1) is 37.2. The van der Waals surface area contributed by atoms with Crippen LogP contribution < -0.4 is 0 Å². The third-order valence-corrected chi connectivity index (χ3v) is 9.97. The van der Waals surface area contributed by atoms with E-state index in [4.69, 9.17) is 18.9 Å². The van der Waals surface area contributed by atoms with Crippen LogP contribution in [0.4, 0.5) is 0 Å². The van der Waals surface area contributed by atoms with Crippen LogP contribution in [0.1, 0.15) is 28.2 Å². The molecule has 0 saturated heterocycles. The molecule has 0 heterocycles. The number of aliphatic hydroxyl groups is 1. The molecule has 7 N–H and O–H groups in total. The van der Waals surface area contributed by atoms with E-state index in [0.717, 1.165) is 50.6 Å². The van der Waals surface area contributed by atoms with Crippen molar-refractivity contribution in [3.8, 4) is 34.5 Å². The van der Waals surface area contributed by atoms with Crippen molar-refractivity contribution in [3.05, 3.63) is 94.6 Å². The van der Waals surface area contributed by atoms with Crippen LogP contribution in [-0.4, -0.2) is 91.8 Å². The fourth-order valence-electron chi connectivity index (χ4n) is 7.48. The van der Waals surface area contributed by atoms with Gasteiger partial charge in [-0.15, -0.1) is 0 Å². The van der Waals surface area contributed by atoms with Gasteiger partial charge in [-0.1, -0.05) is 24.3 Å². The van der Waals surface area contributed by atoms with Crippen molar-refractivity contribution in [2.45, 2.75) is 36.6 Å². The Morgan fingerprint density at radius 3 is 1.80 bits per heavy atom. The maximum atomic E-state index is 14.3. The minimum absolute atomic E-state index is 0.0536. The van der Waals surface area contributed by atoms with Crippen molar-refractivity contribution in [3.63, 3.8) is 0 Å². The fourth-order valence-corrected chi connectivity index (χ4v) is 7.48. The molecule has 4 aliphatic carbocycles. The Hall–Kier alpha value is -6.55. The summed E-state index contributed by atoms with van der Waals surface area (Å²) in [4.78, 5) is 66.8. The van der Waals surface area contributed by atoms with Gasteiger partial charge in [0.15, 0.2) is 45.9 Å². The first-order valence-corrected chi connectivity index (χ1v) is 16.4. The van der Waals surface area contributed by atoms with E-state index in [-0.39, 0.29) is 35.1 Å². The van der Waals surface area contributed by atoms with E-state index >= 15 is 0 Å². The number of allylic oxidation sites excluding steroid dienone is 2. The van der Waals surface area contributed by atoms with Crippen LogP contribution in [0.2, 0.25) is 0 Å². The number of ether oxygens (including phenoxy) is 4. The second kappa shape index (κ2) is 14.1. The van der Waals surface area contributed by atoms with E-state index in [0.29, 0.717) is 5.56 Å². The average Bonchev–Trinajstić information content (AvgIpc) is 3.34. The van der Waals surface area contributed by atoms with Crippen LogP contribution in [0.25, 0.3) is 0 Å². The molecule has 16 heteroatoms. The number of carbonyl (C=O) groups is 5. The molecule has 0 radical (unpaired) electrons. The lowest BCUT2D eigenvalue weighted by molar-refractivity contribution is -0.177. The zero-order valence-corrected chi connectivity index (χ0v) is 28.5. The smallest absolute Gasteiger partial charge is 0.347 e. The number of Topliss-reactive ketones (excluding diaryl/α,β-unsaturated/α-hetero) is 1. The Balaban J connectivity index is 1.32. The molecule has 3 aromatic carbocycles. The molecule has 3 aromatic rings. The summed E-state index contributed by atoms with van der Waals surface area (Å²) in [7, 11) is 2.12.